The van der Waals surface area contributed by atoms with Gasteiger partial charge >= 0.3 is 24.4 Å². The molecule has 6 N–H and O–H groups in total. The van der Waals surface area contributed by atoms with Gasteiger partial charge in [-0.1, -0.05) is 23.7 Å². The predicted octanol–water partition coefficient (Wildman–Crippen LogP) is 7.67. The molecular formula is C36H34F6N4O8. The quantitative estimate of drug-likeness (QED) is 0.0669. The van der Waals surface area contributed by atoms with E-state index in [4.69, 9.17) is 40.2 Å². The maximum atomic E-state index is 12.8. The smallest absolute Gasteiger partial charge is 0.416 e. The van der Waals surface area contributed by atoms with Gasteiger partial charge in [-0.05, 0) is 74.2 Å². The molecule has 2 saturated heterocycles. The SMILES string of the molecule is NC(=O)N(O)CCC#C[C@@H]1CC[C@@H](c2cc3cc(C(F)(F)F)ccc3o2)O1.NC(=O)N(O)CCC#C[C@H]1CC[C@@H](c2cc3cc(C(F)(F)F)ccc3o2)O1. The van der Waals surface area contributed by atoms with E-state index in [1.54, 1.807) is 12.1 Å². The second kappa shape index (κ2) is 16.7. The first-order valence-electron chi connectivity index (χ1n) is 16.5. The van der Waals surface area contributed by atoms with E-state index in [9.17, 15) is 35.9 Å². The molecule has 2 fully saturated rings. The summed E-state index contributed by atoms with van der Waals surface area (Å²) in [7, 11) is 0. The molecule has 6 rings (SSSR count). The van der Waals surface area contributed by atoms with Crippen LogP contribution in [0.4, 0.5) is 35.9 Å². The first-order chi connectivity index (χ1) is 25.5. The molecule has 4 heterocycles. The molecule has 4 atom stereocenters. The Kier molecular flexibility index (Phi) is 12.3. The minimum absolute atomic E-state index is 0.0103. The molecule has 2 aromatic heterocycles. The predicted molar refractivity (Wildman–Crippen MR) is 177 cm³/mol. The Morgan fingerprint density at radius 1 is 0.667 bits per heavy atom. The molecule has 0 unspecified atom stereocenters. The molecule has 0 radical (unpaired) electrons. The van der Waals surface area contributed by atoms with Crippen molar-refractivity contribution in [2.24, 2.45) is 11.5 Å². The zero-order chi connectivity index (χ0) is 39.2. The molecule has 4 aromatic rings. The van der Waals surface area contributed by atoms with Crippen LogP contribution in [-0.2, 0) is 21.8 Å². The maximum Gasteiger partial charge on any atom is 0.416 e. The largest absolute Gasteiger partial charge is 0.458 e. The Morgan fingerprint density at radius 3 is 1.41 bits per heavy atom. The fourth-order valence-electron chi connectivity index (χ4n) is 5.62. The highest BCUT2D eigenvalue weighted by Crippen LogP contribution is 2.39. The van der Waals surface area contributed by atoms with Crippen molar-refractivity contribution in [1.29, 1.82) is 0 Å². The first-order valence-corrected chi connectivity index (χ1v) is 16.5. The van der Waals surface area contributed by atoms with Crippen molar-refractivity contribution in [1.82, 2.24) is 10.1 Å². The highest BCUT2D eigenvalue weighted by atomic mass is 19.4. The number of nitrogens with zero attached hydrogens (tertiary/aromatic N) is 2. The number of furan rings is 2. The number of hydrogen-bond donors (Lipinski definition) is 4. The van der Waals surface area contributed by atoms with Gasteiger partial charge in [-0.3, -0.25) is 10.4 Å². The molecule has 18 heteroatoms. The zero-order valence-corrected chi connectivity index (χ0v) is 28.2. The number of amides is 4. The molecule has 2 aliphatic rings. The summed E-state index contributed by atoms with van der Waals surface area (Å²) in [6.07, 6.45) is -7.30. The van der Waals surface area contributed by atoms with Gasteiger partial charge in [0.15, 0.2) is 0 Å². The van der Waals surface area contributed by atoms with Gasteiger partial charge in [-0.25, -0.2) is 19.7 Å². The molecule has 288 valence electrons. The highest BCUT2D eigenvalue weighted by Gasteiger charge is 2.33. The Morgan fingerprint density at radius 2 is 1.06 bits per heavy atom. The number of alkyl halides is 6. The van der Waals surface area contributed by atoms with Crippen molar-refractivity contribution < 1.29 is 64.7 Å². The minimum Gasteiger partial charge on any atom is -0.458 e. The molecule has 0 spiro atoms. The first kappa shape index (κ1) is 39.8. The summed E-state index contributed by atoms with van der Waals surface area (Å²) in [5.74, 6) is 12.3. The lowest BCUT2D eigenvalue weighted by molar-refractivity contribution is -0.138. The van der Waals surface area contributed by atoms with E-state index in [0.717, 1.165) is 24.3 Å². The number of hydrogen-bond acceptors (Lipinski definition) is 8. The number of urea groups is 2. The van der Waals surface area contributed by atoms with Crippen molar-refractivity contribution in [3.8, 4) is 23.7 Å². The van der Waals surface area contributed by atoms with Crippen LogP contribution in [0.2, 0.25) is 0 Å². The van der Waals surface area contributed by atoms with Crippen LogP contribution in [0.1, 0.15) is 73.4 Å². The van der Waals surface area contributed by atoms with E-state index in [1.165, 1.54) is 12.1 Å². The Hall–Kier alpha value is -5.40. The molecule has 0 aliphatic carbocycles. The molecule has 2 aromatic carbocycles. The normalized spacial score (nSPS) is 19.7. The number of halogens is 6. The Balaban J connectivity index is 0.000000208. The Labute approximate surface area is 303 Å². The molecule has 54 heavy (non-hydrogen) atoms. The van der Waals surface area contributed by atoms with Gasteiger partial charge in [-0.2, -0.15) is 26.3 Å². The fourth-order valence-corrected chi connectivity index (χ4v) is 5.62. The molecule has 0 bridgehead atoms. The lowest BCUT2D eigenvalue weighted by atomic mass is 10.1. The van der Waals surface area contributed by atoms with E-state index < -0.39 is 35.5 Å². The van der Waals surface area contributed by atoms with Crippen LogP contribution >= 0.6 is 0 Å². The van der Waals surface area contributed by atoms with Crippen LogP contribution in [-0.4, -0.2) is 57.9 Å². The zero-order valence-electron chi connectivity index (χ0n) is 28.2. The number of carbonyl (C=O) groups excluding carboxylic acids is 2. The third-order valence-corrected chi connectivity index (χ3v) is 8.33. The Bertz CT molecular complexity index is 1940. The van der Waals surface area contributed by atoms with E-state index in [2.05, 4.69) is 23.7 Å². The van der Waals surface area contributed by atoms with Crippen LogP contribution < -0.4 is 11.5 Å². The number of rotatable bonds is 6. The van der Waals surface area contributed by atoms with Crippen molar-refractivity contribution in [3.63, 3.8) is 0 Å². The van der Waals surface area contributed by atoms with E-state index in [-0.39, 0.29) is 50.3 Å². The summed E-state index contributed by atoms with van der Waals surface area (Å²) in [5.41, 5.74) is 9.03. The van der Waals surface area contributed by atoms with Crippen LogP contribution in [0, 0.1) is 23.7 Å². The lowest BCUT2D eigenvalue weighted by Crippen LogP contribution is -2.33. The van der Waals surface area contributed by atoms with Crippen LogP contribution in [0.25, 0.3) is 21.9 Å². The number of nitrogens with two attached hydrogens (primary N) is 2. The van der Waals surface area contributed by atoms with Gasteiger partial charge in [0.2, 0.25) is 0 Å². The van der Waals surface area contributed by atoms with Crippen molar-refractivity contribution in [3.05, 3.63) is 71.2 Å². The highest BCUT2D eigenvalue weighted by molar-refractivity contribution is 5.80. The number of carbonyl (C=O) groups is 2. The van der Waals surface area contributed by atoms with Gasteiger partial charge in [0.25, 0.3) is 0 Å². The molecule has 12 nitrogen and oxygen atoms in total. The second-order valence-corrected chi connectivity index (χ2v) is 12.2. The summed E-state index contributed by atoms with van der Waals surface area (Å²) in [5, 5.41) is 19.7. The van der Waals surface area contributed by atoms with Gasteiger partial charge in [-0.15, -0.1) is 0 Å². The molecule has 4 amide bonds. The topological polar surface area (TPSA) is 178 Å². The molecule has 2 aliphatic heterocycles. The average molecular weight is 765 g/mol. The van der Waals surface area contributed by atoms with E-state index in [1.807, 2.05) is 0 Å². The lowest BCUT2D eigenvalue weighted by Gasteiger charge is -2.09. The van der Waals surface area contributed by atoms with Gasteiger partial charge in [0.05, 0.1) is 24.2 Å². The second-order valence-electron chi connectivity index (χ2n) is 12.2. The standard InChI is InChI=1S/2C18H17F3N2O4/c2*19-18(20,21)12-4-6-14-11(9-12)10-16(27-14)15-7-5-13(26-15)3-1-2-8-23(25)17(22)24/h2*4,6,9-10,13,15,25H,2,5,7-8H2,(H2,22,24)/t13-,15+;13-,15-/m10/s1. The summed E-state index contributed by atoms with van der Waals surface area (Å²) in [6.45, 7) is -0.0206. The average Bonchev–Trinajstić information content (AvgIpc) is 3.92. The van der Waals surface area contributed by atoms with Crippen molar-refractivity contribution >= 4 is 34.0 Å². The van der Waals surface area contributed by atoms with Crippen LogP contribution in [0.15, 0.2) is 57.4 Å². The molecule has 0 saturated carbocycles. The summed E-state index contributed by atoms with van der Waals surface area (Å²) in [4.78, 5) is 21.3. The third-order valence-electron chi connectivity index (χ3n) is 8.33. The van der Waals surface area contributed by atoms with Gasteiger partial charge in [0, 0.05) is 23.6 Å². The van der Waals surface area contributed by atoms with Crippen LogP contribution in [0.3, 0.4) is 0 Å². The van der Waals surface area contributed by atoms with Crippen molar-refractivity contribution in [2.75, 3.05) is 13.1 Å². The van der Waals surface area contributed by atoms with Crippen LogP contribution in [0.5, 0.6) is 0 Å². The maximum absolute atomic E-state index is 12.8. The number of benzene rings is 2. The third kappa shape index (κ3) is 10.4. The fraction of sp³-hybridized carbons (Fsp3) is 0.389. The summed E-state index contributed by atoms with van der Waals surface area (Å²) < 4.78 is 99.6. The molecular weight excluding hydrogens is 730 g/mol. The van der Waals surface area contributed by atoms with E-state index >= 15 is 0 Å². The van der Waals surface area contributed by atoms with Gasteiger partial charge < -0.3 is 29.8 Å². The van der Waals surface area contributed by atoms with Gasteiger partial charge in [0.1, 0.15) is 47.1 Å². The van der Waals surface area contributed by atoms with E-state index in [0.29, 0.717) is 69.3 Å². The monoisotopic (exact) mass is 764 g/mol. The summed E-state index contributed by atoms with van der Waals surface area (Å²) in [6, 6.07) is 7.87. The number of primary amides is 2. The number of hydroxylamine groups is 4. The minimum atomic E-state index is -4.41. The number of fused-ring (bicyclic) bond motifs is 2. The summed E-state index contributed by atoms with van der Waals surface area (Å²) >= 11 is 0. The number of ether oxygens (including phenoxy) is 2. The van der Waals surface area contributed by atoms with Crippen molar-refractivity contribution in [2.45, 2.75) is 75.3 Å².